The molecular formula is C34H49N5O5. The summed E-state index contributed by atoms with van der Waals surface area (Å²) in [6.45, 7) is 6.14. The number of para-hydroxylation sites is 2. The van der Waals surface area contributed by atoms with Crippen molar-refractivity contribution in [1.29, 1.82) is 0 Å². The summed E-state index contributed by atoms with van der Waals surface area (Å²) in [5, 5.41) is 15.7. The molecule has 44 heavy (non-hydrogen) atoms. The molecule has 0 bridgehead atoms. The van der Waals surface area contributed by atoms with Crippen LogP contribution in [-0.4, -0.2) is 78.1 Å². The average Bonchev–Trinajstić information content (AvgIpc) is 3.80. The van der Waals surface area contributed by atoms with Gasteiger partial charge in [-0.1, -0.05) is 25.5 Å². The van der Waals surface area contributed by atoms with Crippen molar-refractivity contribution < 1.29 is 24.2 Å². The van der Waals surface area contributed by atoms with Gasteiger partial charge in [0, 0.05) is 49.6 Å². The van der Waals surface area contributed by atoms with Crippen LogP contribution in [0.2, 0.25) is 0 Å². The largest absolute Gasteiger partial charge is 0.488 e. The maximum absolute atomic E-state index is 13.4. The summed E-state index contributed by atoms with van der Waals surface area (Å²) in [4.78, 5) is 42.5. The lowest BCUT2D eigenvalue weighted by Crippen LogP contribution is -2.47. The zero-order chi connectivity index (χ0) is 31.6. The second kappa shape index (κ2) is 15.9. The van der Waals surface area contributed by atoms with Gasteiger partial charge in [0.2, 0.25) is 17.7 Å². The highest BCUT2D eigenvalue weighted by molar-refractivity contribution is 5.94. The van der Waals surface area contributed by atoms with Gasteiger partial charge in [-0.3, -0.25) is 14.4 Å². The van der Waals surface area contributed by atoms with Gasteiger partial charge in [-0.05, 0) is 75.9 Å². The predicted molar refractivity (Wildman–Crippen MR) is 173 cm³/mol. The lowest BCUT2D eigenvalue weighted by atomic mass is 10.0. The molecule has 2 aromatic carbocycles. The third-order valence-corrected chi connectivity index (χ3v) is 8.50. The lowest BCUT2D eigenvalue weighted by molar-refractivity contribution is -0.134. The van der Waals surface area contributed by atoms with E-state index < -0.39 is 0 Å². The zero-order valence-corrected chi connectivity index (χ0v) is 26.4. The van der Waals surface area contributed by atoms with Crippen molar-refractivity contribution in [3.63, 3.8) is 0 Å². The standard InChI is InChI=1S/C34H49N5O5/c1-23-19-39(24(2)22-40)34(43)18-26-17-27(15-16-30(26)44-31(23)21-38(3)20-25-13-14-25)36-32(41)11-5-4-6-12-33(42)37-29-10-8-7-9-28(29)35/h7-10,15-17,23-25,31,40H,4-6,11-14,18-22,35H2,1-3H3,(H,36,41)(H,37,42)/t23-,24+,31+/m1/s1. The van der Waals surface area contributed by atoms with Crippen molar-refractivity contribution in [3.05, 3.63) is 48.0 Å². The summed E-state index contributed by atoms with van der Waals surface area (Å²) in [7, 11) is 2.12. The molecule has 0 unspecified atom stereocenters. The summed E-state index contributed by atoms with van der Waals surface area (Å²) >= 11 is 0. The van der Waals surface area contributed by atoms with E-state index in [1.54, 1.807) is 17.0 Å². The van der Waals surface area contributed by atoms with E-state index in [2.05, 4.69) is 29.5 Å². The Kier molecular flexibility index (Phi) is 12.0. The van der Waals surface area contributed by atoms with Gasteiger partial charge in [-0.2, -0.15) is 0 Å². The van der Waals surface area contributed by atoms with Crippen LogP contribution < -0.4 is 21.1 Å². The van der Waals surface area contributed by atoms with Gasteiger partial charge in [-0.15, -0.1) is 0 Å². The number of hydrogen-bond donors (Lipinski definition) is 4. The van der Waals surface area contributed by atoms with Crippen LogP contribution in [0.15, 0.2) is 42.5 Å². The number of anilines is 3. The first-order chi connectivity index (χ1) is 21.1. The number of nitrogens with two attached hydrogens (primary N) is 1. The van der Waals surface area contributed by atoms with Crippen molar-refractivity contribution >= 4 is 34.8 Å². The van der Waals surface area contributed by atoms with Crippen LogP contribution in [0.4, 0.5) is 17.1 Å². The second-order valence-electron chi connectivity index (χ2n) is 12.6. The van der Waals surface area contributed by atoms with Gasteiger partial charge in [0.05, 0.1) is 30.4 Å². The molecule has 0 spiro atoms. The Hall–Kier alpha value is -3.63. The van der Waals surface area contributed by atoms with E-state index in [0.717, 1.165) is 31.0 Å². The molecule has 2 aromatic rings. The number of nitrogens with one attached hydrogen (secondary N) is 2. The molecule has 0 radical (unpaired) electrons. The number of ether oxygens (including phenoxy) is 1. The third-order valence-electron chi connectivity index (χ3n) is 8.50. The summed E-state index contributed by atoms with van der Waals surface area (Å²) in [5.41, 5.74) is 8.35. The van der Waals surface area contributed by atoms with Crippen LogP contribution >= 0.6 is 0 Å². The molecule has 0 aromatic heterocycles. The molecule has 10 nitrogen and oxygen atoms in total. The van der Waals surface area contributed by atoms with E-state index in [1.165, 1.54) is 12.8 Å². The maximum Gasteiger partial charge on any atom is 0.227 e. The fourth-order valence-electron chi connectivity index (χ4n) is 5.64. The molecule has 240 valence electrons. The number of nitrogens with zero attached hydrogens (tertiary/aromatic N) is 2. The summed E-state index contributed by atoms with van der Waals surface area (Å²) in [5.74, 6) is 1.18. The summed E-state index contributed by atoms with van der Waals surface area (Å²) < 4.78 is 6.59. The number of benzene rings is 2. The van der Waals surface area contributed by atoms with Gasteiger partial charge in [0.25, 0.3) is 0 Å². The Balaban J connectivity index is 1.33. The number of fused-ring (bicyclic) bond motifs is 1. The van der Waals surface area contributed by atoms with Crippen molar-refractivity contribution in [2.45, 2.75) is 77.4 Å². The van der Waals surface area contributed by atoms with E-state index in [4.69, 9.17) is 10.5 Å². The van der Waals surface area contributed by atoms with E-state index in [0.29, 0.717) is 55.0 Å². The molecule has 4 rings (SSSR count). The van der Waals surface area contributed by atoms with Crippen LogP contribution in [0.3, 0.4) is 0 Å². The fraction of sp³-hybridized carbons (Fsp3) is 0.559. The molecule has 1 saturated carbocycles. The number of aliphatic hydroxyl groups excluding tert-OH is 1. The van der Waals surface area contributed by atoms with E-state index in [9.17, 15) is 19.5 Å². The predicted octanol–water partition coefficient (Wildman–Crippen LogP) is 4.29. The average molecular weight is 608 g/mol. The quantitative estimate of drug-likeness (QED) is 0.186. The van der Waals surface area contributed by atoms with E-state index in [1.807, 2.05) is 37.3 Å². The van der Waals surface area contributed by atoms with Crippen molar-refractivity contribution in [3.8, 4) is 5.75 Å². The minimum atomic E-state index is -0.304. The van der Waals surface area contributed by atoms with Gasteiger partial charge in [0.1, 0.15) is 11.9 Å². The van der Waals surface area contributed by atoms with Gasteiger partial charge >= 0.3 is 0 Å². The highest BCUT2D eigenvalue weighted by Crippen LogP contribution is 2.31. The monoisotopic (exact) mass is 607 g/mol. The smallest absolute Gasteiger partial charge is 0.227 e. The number of hydrogen-bond acceptors (Lipinski definition) is 7. The molecule has 5 N–H and O–H groups in total. The molecule has 1 aliphatic carbocycles. The summed E-state index contributed by atoms with van der Waals surface area (Å²) in [6.07, 6.45) is 5.29. The number of carbonyl (C=O) groups excluding carboxylic acids is 3. The topological polar surface area (TPSA) is 137 Å². The zero-order valence-electron chi connectivity index (χ0n) is 26.4. The van der Waals surface area contributed by atoms with Crippen LogP contribution in [0.25, 0.3) is 0 Å². The normalized spacial score (nSPS) is 19.3. The minimum absolute atomic E-state index is 0.0579. The minimum Gasteiger partial charge on any atom is -0.488 e. The SMILES string of the molecule is C[C@@H]1CN([C@@H](C)CO)C(=O)Cc2cc(NC(=O)CCCCCC(=O)Nc3ccccc3N)ccc2O[C@H]1CN(C)CC1CC1. The molecule has 2 aliphatic rings. The molecular weight excluding hydrogens is 558 g/mol. The molecule has 1 heterocycles. The molecule has 0 saturated heterocycles. The molecule has 1 aliphatic heterocycles. The van der Waals surface area contributed by atoms with Crippen molar-refractivity contribution in [2.75, 3.05) is 49.7 Å². The van der Waals surface area contributed by atoms with Crippen LogP contribution in [0.1, 0.15) is 64.4 Å². The molecule has 1 fully saturated rings. The number of aliphatic hydroxyl groups is 1. The summed E-state index contributed by atoms with van der Waals surface area (Å²) in [6, 6.07) is 12.3. The first-order valence-corrected chi connectivity index (χ1v) is 16.0. The Morgan fingerprint density at radius 1 is 1.07 bits per heavy atom. The van der Waals surface area contributed by atoms with Gasteiger partial charge in [-0.25, -0.2) is 0 Å². The molecule has 3 atom stereocenters. The number of nitrogen functional groups attached to an aromatic ring is 1. The Morgan fingerprint density at radius 2 is 1.77 bits per heavy atom. The van der Waals surface area contributed by atoms with Gasteiger partial charge in [0.15, 0.2) is 0 Å². The Labute approximate surface area is 261 Å². The first-order valence-electron chi connectivity index (χ1n) is 16.0. The maximum atomic E-state index is 13.4. The van der Waals surface area contributed by atoms with Crippen LogP contribution in [-0.2, 0) is 20.8 Å². The van der Waals surface area contributed by atoms with E-state index >= 15 is 0 Å². The van der Waals surface area contributed by atoms with Crippen LogP contribution in [0, 0.1) is 11.8 Å². The fourth-order valence-corrected chi connectivity index (χ4v) is 5.64. The number of rotatable bonds is 14. The number of likely N-dealkylation sites (N-methyl/N-ethyl adjacent to an activating group) is 1. The third kappa shape index (κ3) is 9.95. The lowest BCUT2D eigenvalue weighted by Gasteiger charge is -2.34. The number of carbonyl (C=O) groups is 3. The van der Waals surface area contributed by atoms with Gasteiger partial charge < -0.3 is 36.0 Å². The first kappa shape index (κ1) is 33.3. The highest BCUT2D eigenvalue weighted by atomic mass is 16.5. The highest BCUT2D eigenvalue weighted by Gasteiger charge is 2.32. The second-order valence-corrected chi connectivity index (χ2v) is 12.6. The molecule has 3 amide bonds. The Bertz CT molecular complexity index is 1280. The molecule has 10 heteroatoms. The Morgan fingerprint density at radius 3 is 2.45 bits per heavy atom. The van der Waals surface area contributed by atoms with Crippen molar-refractivity contribution in [1.82, 2.24) is 9.80 Å². The van der Waals surface area contributed by atoms with E-state index in [-0.39, 0.29) is 48.8 Å². The number of amides is 3. The number of unbranched alkanes of at least 4 members (excludes halogenated alkanes) is 2. The van der Waals surface area contributed by atoms with Crippen LogP contribution in [0.5, 0.6) is 5.75 Å². The van der Waals surface area contributed by atoms with Crippen molar-refractivity contribution in [2.24, 2.45) is 11.8 Å².